The van der Waals surface area contributed by atoms with Crippen LogP contribution in [0.3, 0.4) is 0 Å². The number of hydrogen-bond acceptors (Lipinski definition) is 3. The largest absolute Gasteiger partial charge is 0.296 e. The Labute approximate surface area is 118 Å². The maximum Gasteiger partial charge on any atom is 0.235 e. The van der Waals surface area contributed by atoms with Crippen molar-refractivity contribution in [2.24, 2.45) is 0 Å². The van der Waals surface area contributed by atoms with Gasteiger partial charge in [-0.05, 0) is 33.8 Å². The second-order valence-corrected chi connectivity index (χ2v) is 5.31. The fourth-order valence-electron chi connectivity index (χ4n) is 2.33. The number of halogens is 1. The predicted molar refractivity (Wildman–Crippen MR) is 74.6 cm³/mol. The zero-order valence-electron chi connectivity index (χ0n) is 10.0. The Morgan fingerprint density at radius 1 is 1.26 bits per heavy atom. The van der Waals surface area contributed by atoms with Crippen LogP contribution in [0.1, 0.15) is 24.5 Å². The van der Waals surface area contributed by atoms with Gasteiger partial charge in [-0.1, -0.05) is 24.3 Å². The molecule has 0 aliphatic carbocycles. The highest BCUT2D eigenvalue weighted by molar-refractivity contribution is 9.10. The standard InChI is InChI=1S/C14H11BrN2O2/c15-13-9-4-2-1-3-8(9)7-11(16-13)10-5-6-12(18)17-14(10)19/h1-4,7,10H,5-6H2,(H,17,18,19). The van der Waals surface area contributed by atoms with Crippen molar-refractivity contribution in [1.82, 2.24) is 10.3 Å². The maximum atomic E-state index is 11.9. The minimum atomic E-state index is -0.349. The molecule has 19 heavy (non-hydrogen) atoms. The summed E-state index contributed by atoms with van der Waals surface area (Å²) >= 11 is 3.44. The number of amides is 2. The zero-order chi connectivity index (χ0) is 13.4. The molecule has 1 aliphatic heterocycles. The zero-order valence-corrected chi connectivity index (χ0v) is 11.6. The first-order chi connectivity index (χ1) is 9.15. The average molecular weight is 319 g/mol. The second-order valence-electron chi connectivity index (χ2n) is 4.56. The highest BCUT2D eigenvalue weighted by Crippen LogP contribution is 2.29. The van der Waals surface area contributed by atoms with Crippen LogP contribution in [0.5, 0.6) is 0 Å². The van der Waals surface area contributed by atoms with Crippen LogP contribution in [0.4, 0.5) is 0 Å². The fourth-order valence-corrected chi connectivity index (χ4v) is 2.90. The number of nitrogens with zero attached hydrogens (tertiary/aromatic N) is 1. The minimum absolute atomic E-state index is 0.207. The maximum absolute atomic E-state index is 11.9. The van der Waals surface area contributed by atoms with E-state index in [4.69, 9.17) is 0 Å². The third-order valence-corrected chi connectivity index (χ3v) is 3.91. The molecule has 0 spiro atoms. The normalized spacial score (nSPS) is 19.5. The van der Waals surface area contributed by atoms with Crippen LogP contribution < -0.4 is 5.32 Å². The number of piperidine rings is 1. The molecular weight excluding hydrogens is 308 g/mol. The van der Waals surface area contributed by atoms with Gasteiger partial charge < -0.3 is 0 Å². The molecule has 1 fully saturated rings. The van der Waals surface area contributed by atoms with Crippen molar-refractivity contribution in [1.29, 1.82) is 0 Å². The molecule has 1 unspecified atom stereocenters. The number of carbonyl (C=O) groups is 2. The first-order valence-electron chi connectivity index (χ1n) is 6.04. The van der Waals surface area contributed by atoms with Crippen LogP contribution >= 0.6 is 15.9 Å². The molecule has 0 saturated carbocycles. The number of fused-ring (bicyclic) bond motifs is 1. The molecule has 1 saturated heterocycles. The third-order valence-electron chi connectivity index (χ3n) is 3.31. The van der Waals surface area contributed by atoms with Gasteiger partial charge in [0.1, 0.15) is 4.60 Å². The van der Waals surface area contributed by atoms with E-state index in [0.717, 1.165) is 15.4 Å². The van der Waals surface area contributed by atoms with E-state index in [1.165, 1.54) is 0 Å². The highest BCUT2D eigenvalue weighted by Gasteiger charge is 2.29. The molecular formula is C14H11BrN2O2. The summed E-state index contributed by atoms with van der Waals surface area (Å²) in [6, 6.07) is 9.77. The van der Waals surface area contributed by atoms with Crippen molar-refractivity contribution in [3.63, 3.8) is 0 Å². The Kier molecular flexibility index (Phi) is 3.06. The highest BCUT2D eigenvalue weighted by atomic mass is 79.9. The van der Waals surface area contributed by atoms with E-state index in [-0.39, 0.29) is 17.7 Å². The molecule has 0 radical (unpaired) electrons. The number of nitrogens with one attached hydrogen (secondary N) is 1. The number of benzene rings is 1. The van der Waals surface area contributed by atoms with Crippen LogP contribution in [0, 0.1) is 0 Å². The van der Waals surface area contributed by atoms with E-state index in [1.807, 2.05) is 30.3 Å². The van der Waals surface area contributed by atoms with Crippen molar-refractivity contribution in [2.75, 3.05) is 0 Å². The minimum Gasteiger partial charge on any atom is -0.296 e. The van der Waals surface area contributed by atoms with Gasteiger partial charge in [-0.2, -0.15) is 0 Å². The van der Waals surface area contributed by atoms with Gasteiger partial charge in [-0.15, -0.1) is 0 Å². The number of carbonyl (C=O) groups excluding carboxylic acids is 2. The Balaban J connectivity index is 2.06. The molecule has 4 nitrogen and oxygen atoms in total. The van der Waals surface area contributed by atoms with Crippen molar-refractivity contribution in [3.8, 4) is 0 Å². The lowest BCUT2D eigenvalue weighted by atomic mass is 9.93. The number of pyridine rings is 1. The molecule has 1 aromatic carbocycles. The summed E-state index contributed by atoms with van der Waals surface area (Å²) in [5, 5.41) is 4.41. The SMILES string of the molecule is O=C1CCC(c2cc3ccccc3c(Br)n2)C(=O)N1. The molecule has 1 N–H and O–H groups in total. The number of rotatable bonds is 1. The fraction of sp³-hybridized carbons (Fsp3) is 0.214. The lowest BCUT2D eigenvalue weighted by Crippen LogP contribution is -2.39. The van der Waals surface area contributed by atoms with Crippen LogP contribution in [-0.4, -0.2) is 16.8 Å². The Morgan fingerprint density at radius 3 is 2.84 bits per heavy atom. The first-order valence-corrected chi connectivity index (χ1v) is 6.83. The molecule has 3 rings (SSSR count). The van der Waals surface area contributed by atoms with E-state index >= 15 is 0 Å². The quantitative estimate of drug-likeness (QED) is 0.649. The van der Waals surface area contributed by atoms with E-state index in [2.05, 4.69) is 26.2 Å². The monoisotopic (exact) mass is 318 g/mol. The van der Waals surface area contributed by atoms with Crippen molar-refractivity contribution >= 4 is 38.5 Å². The van der Waals surface area contributed by atoms with Crippen molar-refractivity contribution < 1.29 is 9.59 Å². The van der Waals surface area contributed by atoms with Gasteiger partial charge in [0.05, 0.1) is 11.6 Å². The summed E-state index contributed by atoms with van der Waals surface area (Å²) < 4.78 is 0.727. The Morgan fingerprint density at radius 2 is 2.05 bits per heavy atom. The molecule has 2 heterocycles. The Hall–Kier alpha value is -1.75. The van der Waals surface area contributed by atoms with Gasteiger partial charge in [-0.3, -0.25) is 14.9 Å². The molecule has 5 heteroatoms. The summed E-state index contributed by atoms with van der Waals surface area (Å²) in [6.07, 6.45) is 0.880. The molecule has 1 aliphatic rings. The Bertz CT molecular complexity index is 684. The topological polar surface area (TPSA) is 59.1 Å². The van der Waals surface area contributed by atoms with Gasteiger partial charge in [0, 0.05) is 11.8 Å². The third kappa shape index (κ3) is 2.26. The molecule has 96 valence electrons. The number of aromatic nitrogens is 1. The second kappa shape index (κ2) is 4.74. The molecule has 1 atom stereocenters. The lowest BCUT2D eigenvalue weighted by molar-refractivity contribution is -0.134. The lowest BCUT2D eigenvalue weighted by Gasteiger charge is -2.20. The van der Waals surface area contributed by atoms with Gasteiger partial charge in [0.25, 0.3) is 0 Å². The van der Waals surface area contributed by atoms with E-state index in [9.17, 15) is 9.59 Å². The van der Waals surface area contributed by atoms with E-state index in [1.54, 1.807) is 0 Å². The number of hydrogen-bond donors (Lipinski definition) is 1. The summed E-state index contributed by atoms with van der Waals surface area (Å²) in [5.41, 5.74) is 0.704. The van der Waals surface area contributed by atoms with E-state index < -0.39 is 0 Å². The summed E-state index contributed by atoms with van der Waals surface area (Å²) in [5.74, 6) is -0.814. The van der Waals surface area contributed by atoms with Gasteiger partial charge >= 0.3 is 0 Å². The van der Waals surface area contributed by atoms with Crippen molar-refractivity contribution in [2.45, 2.75) is 18.8 Å². The van der Waals surface area contributed by atoms with Gasteiger partial charge in [0.15, 0.2) is 0 Å². The predicted octanol–water partition coefficient (Wildman–Crippen LogP) is 2.52. The first kappa shape index (κ1) is 12.3. The number of imide groups is 1. The molecule has 2 aromatic rings. The van der Waals surface area contributed by atoms with Crippen LogP contribution in [-0.2, 0) is 9.59 Å². The summed E-state index contributed by atoms with van der Waals surface area (Å²) in [6.45, 7) is 0. The van der Waals surface area contributed by atoms with Gasteiger partial charge in [-0.25, -0.2) is 4.98 Å². The van der Waals surface area contributed by atoms with Crippen LogP contribution in [0.2, 0.25) is 0 Å². The van der Waals surface area contributed by atoms with E-state index in [0.29, 0.717) is 18.5 Å². The molecule has 2 amide bonds. The van der Waals surface area contributed by atoms with Gasteiger partial charge in [0.2, 0.25) is 11.8 Å². The summed E-state index contributed by atoms with van der Waals surface area (Å²) in [7, 11) is 0. The van der Waals surface area contributed by atoms with Crippen LogP contribution in [0.25, 0.3) is 10.8 Å². The average Bonchev–Trinajstić information content (AvgIpc) is 2.38. The van der Waals surface area contributed by atoms with Crippen LogP contribution in [0.15, 0.2) is 34.9 Å². The smallest absolute Gasteiger partial charge is 0.235 e. The van der Waals surface area contributed by atoms with Crippen molar-refractivity contribution in [3.05, 3.63) is 40.6 Å². The molecule has 1 aromatic heterocycles. The molecule has 0 bridgehead atoms. The summed E-state index contributed by atoms with van der Waals surface area (Å²) in [4.78, 5) is 27.5.